The molecule has 0 aliphatic heterocycles. The second kappa shape index (κ2) is 7.93. The summed E-state index contributed by atoms with van der Waals surface area (Å²) >= 11 is 0.989. The number of nitro groups is 1. The zero-order valence-corrected chi connectivity index (χ0v) is 12.5. The van der Waals surface area contributed by atoms with Gasteiger partial charge in [0.2, 0.25) is 0 Å². The summed E-state index contributed by atoms with van der Waals surface area (Å²) < 4.78 is 10.6. The SMILES string of the molecule is CC(=O)OC(COCCN(C)C)c1ccc([N+](=O)[O-])s1. The number of likely N-dealkylation sites (N-methyl/N-ethyl adjacent to an activating group) is 1. The topological polar surface area (TPSA) is 81.9 Å². The smallest absolute Gasteiger partial charge is 0.324 e. The lowest BCUT2D eigenvalue weighted by molar-refractivity contribution is -0.380. The van der Waals surface area contributed by atoms with E-state index in [0.717, 1.165) is 17.9 Å². The lowest BCUT2D eigenvalue weighted by Gasteiger charge is -2.16. The molecule has 1 heterocycles. The van der Waals surface area contributed by atoms with Gasteiger partial charge in [-0.05, 0) is 20.2 Å². The van der Waals surface area contributed by atoms with Crippen molar-refractivity contribution in [2.45, 2.75) is 13.0 Å². The highest BCUT2D eigenvalue weighted by Crippen LogP contribution is 2.31. The number of esters is 1. The molecule has 0 spiro atoms. The third kappa shape index (κ3) is 5.64. The molecule has 0 bridgehead atoms. The maximum atomic E-state index is 11.1. The largest absolute Gasteiger partial charge is 0.454 e. The fourth-order valence-electron chi connectivity index (χ4n) is 1.43. The Morgan fingerprint density at radius 2 is 2.20 bits per heavy atom. The third-order valence-corrected chi connectivity index (χ3v) is 3.50. The van der Waals surface area contributed by atoms with Crippen LogP contribution in [0, 0.1) is 10.1 Å². The van der Waals surface area contributed by atoms with Gasteiger partial charge in [-0.3, -0.25) is 14.9 Å². The first-order chi connectivity index (χ1) is 9.40. The molecular formula is C12H18N2O5S. The molecule has 0 N–H and O–H groups in total. The normalized spacial score (nSPS) is 12.4. The Balaban J connectivity index is 2.62. The van der Waals surface area contributed by atoms with Crippen molar-refractivity contribution in [2.24, 2.45) is 0 Å². The number of hydrogen-bond donors (Lipinski definition) is 0. The number of thiophene rings is 1. The minimum absolute atomic E-state index is 0.0189. The Hall–Kier alpha value is -1.51. The van der Waals surface area contributed by atoms with Gasteiger partial charge in [0, 0.05) is 19.5 Å². The summed E-state index contributed by atoms with van der Waals surface area (Å²) in [6.07, 6.45) is -0.603. The van der Waals surface area contributed by atoms with Crippen molar-refractivity contribution in [3.8, 4) is 0 Å². The van der Waals surface area contributed by atoms with Crippen molar-refractivity contribution in [1.29, 1.82) is 0 Å². The Morgan fingerprint density at radius 1 is 1.50 bits per heavy atom. The van der Waals surface area contributed by atoms with E-state index in [1.54, 1.807) is 6.07 Å². The molecule has 0 aromatic carbocycles. The van der Waals surface area contributed by atoms with Gasteiger partial charge in [0.25, 0.3) is 0 Å². The Kier molecular flexibility index (Phi) is 6.56. The summed E-state index contributed by atoms with van der Waals surface area (Å²) in [5.74, 6) is -0.442. The molecule has 1 rings (SSSR count). The van der Waals surface area contributed by atoms with Gasteiger partial charge >= 0.3 is 11.0 Å². The van der Waals surface area contributed by atoms with Gasteiger partial charge in [0.05, 0.1) is 23.0 Å². The van der Waals surface area contributed by atoms with Gasteiger partial charge in [-0.2, -0.15) is 0 Å². The molecule has 0 saturated heterocycles. The van der Waals surface area contributed by atoms with Crippen molar-refractivity contribution in [3.63, 3.8) is 0 Å². The number of nitrogens with zero attached hydrogens (tertiary/aromatic N) is 2. The summed E-state index contributed by atoms with van der Waals surface area (Å²) in [4.78, 5) is 23.9. The lowest BCUT2D eigenvalue weighted by atomic mass is 10.3. The van der Waals surface area contributed by atoms with E-state index in [0.29, 0.717) is 11.5 Å². The van der Waals surface area contributed by atoms with Crippen LogP contribution in [0.1, 0.15) is 17.9 Å². The molecule has 112 valence electrons. The van der Waals surface area contributed by atoms with Crippen LogP contribution in [0.3, 0.4) is 0 Å². The molecule has 0 fully saturated rings. The maximum Gasteiger partial charge on any atom is 0.324 e. The number of ether oxygens (including phenoxy) is 2. The lowest BCUT2D eigenvalue weighted by Crippen LogP contribution is -2.21. The summed E-state index contributed by atoms with van der Waals surface area (Å²) in [6, 6.07) is 2.99. The molecule has 1 unspecified atom stereocenters. The summed E-state index contributed by atoms with van der Waals surface area (Å²) in [5, 5.41) is 10.7. The van der Waals surface area contributed by atoms with Crippen LogP contribution in [0.4, 0.5) is 5.00 Å². The minimum Gasteiger partial charge on any atom is -0.454 e. The monoisotopic (exact) mass is 302 g/mol. The van der Waals surface area contributed by atoms with Crippen molar-refractivity contribution in [1.82, 2.24) is 4.90 Å². The molecule has 1 aromatic heterocycles. The van der Waals surface area contributed by atoms with Crippen molar-refractivity contribution < 1.29 is 19.2 Å². The second-order valence-electron chi connectivity index (χ2n) is 4.41. The molecule has 7 nitrogen and oxygen atoms in total. The molecule has 20 heavy (non-hydrogen) atoms. The van der Waals surface area contributed by atoms with Crippen LogP contribution in [-0.4, -0.2) is 49.6 Å². The van der Waals surface area contributed by atoms with Crippen LogP contribution in [0.25, 0.3) is 0 Å². The van der Waals surface area contributed by atoms with E-state index in [-0.39, 0.29) is 11.6 Å². The molecule has 0 saturated carbocycles. The van der Waals surface area contributed by atoms with Crippen molar-refractivity contribution >= 4 is 22.3 Å². The van der Waals surface area contributed by atoms with Crippen LogP contribution < -0.4 is 0 Å². The van der Waals surface area contributed by atoms with Crippen molar-refractivity contribution in [2.75, 3.05) is 33.9 Å². The van der Waals surface area contributed by atoms with Gasteiger partial charge < -0.3 is 14.4 Å². The Morgan fingerprint density at radius 3 is 2.70 bits per heavy atom. The van der Waals surface area contributed by atoms with E-state index in [9.17, 15) is 14.9 Å². The predicted molar refractivity (Wildman–Crippen MR) is 74.9 cm³/mol. The summed E-state index contributed by atoms with van der Waals surface area (Å²) in [6.45, 7) is 2.73. The van der Waals surface area contributed by atoms with Crippen LogP contribution in [0.2, 0.25) is 0 Å². The highest BCUT2D eigenvalue weighted by Gasteiger charge is 2.20. The van der Waals surface area contributed by atoms with Gasteiger partial charge in [0.1, 0.15) is 0 Å². The Bertz CT molecular complexity index is 460. The molecule has 8 heteroatoms. The first-order valence-corrected chi connectivity index (χ1v) is 6.85. The standard InChI is InChI=1S/C12H18N2O5S/c1-9(15)19-10(8-18-7-6-13(2)3)11-4-5-12(20-11)14(16)17/h4-5,10H,6-8H2,1-3H3. The first-order valence-electron chi connectivity index (χ1n) is 6.04. The van der Waals surface area contributed by atoms with E-state index in [2.05, 4.69) is 0 Å². The summed E-state index contributed by atoms with van der Waals surface area (Å²) in [5.41, 5.74) is 0. The number of carbonyl (C=O) groups is 1. The zero-order valence-electron chi connectivity index (χ0n) is 11.7. The van der Waals surface area contributed by atoms with Crippen LogP contribution in [0.15, 0.2) is 12.1 Å². The average Bonchev–Trinajstić information content (AvgIpc) is 2.81. The van der Waals surface area contributed by atoms with Gasteiger partial charge in [0.15, 0.2) is 6.10 Å². The van der Waals surface area contributed by atoms with Crippen LogP contribution >= 0.6 is 11.3 Å². The van der Waals surface area contributed by atoms with E-state index >= 15 is 0 Å². The quantitative estimate of drug-likeness (QED) is 0.315. The van der Waals surface area contributed by atoms with E-state index in [1.807, 2.05) is 19.0 Å². The molecule has 0 aliphatic rings. The zero-order chi connectivity index (χ0) is 15.1. The summed E-state index contributed by atoms with van der Waals surface area (Å²) in [7, 11) is 3.85. The third-order valence-electron chi connectivity index (χ3n) is 2.37. The first kappa shape index (κ1) is 16.5. The molecule has 0 amide bonds. The van der Waals surface area contributed by atoms with Crippen LogP contribution in [0.5, 0.6) is 0 Å². The Labute approximate surface area is 121 Å². The highest BCUT2D eigenvalue weighted by molar-refractivity contribution is 7.15. The molecule has 1 atom stereocenters. The van der Waals surface area contributed by atoms with E-state index < -0.39 is 17.0 Å². The molecular weight excluding hydrogens is 284 g/mol. The predicted octanol–water partition coefficient (Wildman–Crippen LogP) is 1.84. The van der Waals surface area contributed by atoms with Gasteiger partial charge in [-0.1, -0.05) is 11.3 Å². The number of carbonyl (C=O) groups excluding carboxylic acids is 1. The van der Waals surface area contributed by atoms with Gasteiger partial charge in [-0.25, -0.2) is 0 Å². The van der Waals surface area contributed by atoms with Crippen molar-refractivity contribution in [3.05, 3.63) is 27.1 Å². The second-order valence-corrected chi connectivity index (χ2v) is 5.50. The molecule has 0 radical (unpaired) electrons. The molecule has 0 aliphatic carbocycles. The number of hydrogen-bond acceptors (Lipinski definition) is 7. The fraction of sp³-hybridized carbons (Fsp3) is 0.583. The minimum atomic E-state index is -0.603. The number of rotatable bonds is 8. The molecule has 1 aromatic rings. The van der Waals surface area contributed by atoms with Gasteiger partial charge in [-0.15, -0.1) is 0 Å². The highest BCUT2D eigenvalue weighted by atomic mass is 32.1. The van der Waals surface area contributed by atoms with E-state index in [1.165, 1.54) is 13.0 Å². The fourth-order valence-corrected chi connectivity index (χ4v) is 2.26. The van der Waals surface area contributed by atoms with Crippen LogP contribution in [-0.2, 0) is 14.3 Å². The average molecular weight is 302 g/mol. The van der Waals surface area contributed by atoms with E-state index in [4.69, 9.17) is 9.47 Å². The maximum absolute atomic E-state index is 11.1.